The number of nitrogens with zero attached hydrogens (tertiary/aromatic N) is 1. The second kappa shape index (κ2) is 7.00. The molecule has 2 heterocycles. The molecule has 3 rings (SSSR count). The van der Waals surface area contributed by atoms with Crippen LogP contribution < -0.4 is 15.7 Å². The fourth-order valence-electron chi connectivity index (χ4n) is 3.98. The summed E-state index contributed by atoms with van der Waals surface area (Å²) in [7, 11) is 0.240. The molecule has 0 aliphatic carbocycles. The van der Waals surface area contributed by atoms with E-state index in [0.717, 1.165) is 11.1 Å². The number of benzene rings is 1. The van der Waals surface area contributed by atoms with Crippen LogP contribution in [0.4, 0.5) is 0 Å². The Morgan fingerprint density at radius 2 is 1.00 bits per heavy atom. The van der Waals surface area contributed by atoms with Crippen LogP contribution in [0.1, 0.15) is 72.1 Å². The topological polar surface area (TPSA) is 69.9 Å². The van der Waals surface area contributed by atoms with Gasteiger partial charge in [0.05, 0.1) is 41.1 Å². The van der Waals surface area contributed by atoms with Crippen molar-refractivity contribution in [1.29, 1.82) is 5.26 Å². The largest absolute Gasteiger partial charge is 0.496 e. The van der Waals surface area contributed by atoms with Crippen molar-refractivity contribution in [3.8, 4) is 11.8 Å². The highest BCUT2D eigenvalue weighted by molar-refractivity contribution is 6.68. The first-order valence-electron chi connectivity index (χ1n) is 10.4. The summed E-state index contributed by atoms with van der Waals surface area (Å²) in [5.74, 6) is 0.684. The van der Waals surface area contributed by atoms with E-state index in [0.29, 0.717) is 22.2 Å². The SMILES string of the molecule is COc1c(C)c(B2OC(C)(C)C(C)(C)O2)c(C#N)c(B2OC(C)(C)C(C)(C)O2)c1C. The molecule has 1 aromatic carbocycles. The number of nitriles is 1. The molecule has 0 unspecified atom stereocenters. The normalized spacial score (nSPS) is 23.5. The Morgan fingerprint density at radius 3 is 1.23 bits per heavy atom. The zero-order valence-corrected chi connectivity index (χ0v) is 20.1. The zero-order chi connectivity index (χ0) is 22.9. The Balaban J connectivity index is 2.24. The first-order valence-corrected chi connectivity index (χ1v) is 10.4. The van der Waals surface area contributed by atoms with Gasteiger partial charge in [-0.15, -0.1) is 0 Å². The summed E-state index contributed by atoms with van der Waals surface area (Å²) in [6.07, 6.45) is 0. The van der Waals surface area contributed by atoms with Crippen LogP contribution >= 0.6 is 0 Å². The van der Waals surface area contributed by atoms with Gasteiger partial charge in [0.15, 0.2) is 0 Å². The molecule has 0 bridgehead atoms. The van der Waals surface area contributed by atoms with Gasteiger partial charge in [-0.25, -0.2) is 0 Å². The number of hydrogen-bond acceptors (Lipinski definition) is 6. The number of ether oxygens (including phenoxy) is 1. The van der Waals surface area contributed by atoms with Gasteiger partial charge >= 0.3 is 14.2 Å². The lowest BCUT2D eigenvalue weighted by atomic mass is 9.64. The highest BCUT2D eigenvalue weighted by Crippen LogP contribution is 2.40. The fourth-order valence-corrected chi connectivity index (χ4v) is 3.98. The third-order valence-electron chi connectivity index (χ3n) is 7.32. The number of rotatable bonds is 3. The number of methoxy groups -OCH3 is 1. The van der Waals surface area contributed by atoms with Gasteiger partial charge < -0.3 is 23.4 Å². The highest BCUT2D eigenvalue weighted by Gasteiger charge is 2.56. The van der Waals surface area contributed by atoms with Crippen molar-refractivity contribution in [1.82, 2.24) is 0 Å². The van der Waals surface area contributed by atoms with E-state index >= 15 is 0 Å². The first kappa shape index (κ1) is 23.1. The predicted octanol–water partition coefficient (Wildman–Crippen LogP) is 2.78. The van der Waals surface area contributed by atoms with E-state index in [9.17, 15) is 5.26 Å². The second-order valence-electron chi connectivity index (χ2n) is 10.3. The maximum atomic E-state index is 10.2. The minimum Gasteiger partial charge on any atom is -0.496 e. The minimum absolute atomic E-state index is 0.461. The van der Waals surface area contributed by atoms with E-state index in [1.807, 2.05) is 69.2 Å². The van der Waals surface area contributed by atoms with Crippen LogP contribution in [0.2, 0.25) is 0 Å². The van der Waals surface area contributed by atoms with Crippen LogP contribution in [-0.2, 0) is 18.6 Å². The van der Waals surface area contributed by atoms with E-state index < -0.39 is 36.6 Å². The highest BCUT2D eigenvalue weighted by atomic mass is 16.7. The Kier molecular flexibility index (Phi) is 5.40. The summed E-state index contributed by atoms with van der Waals surface area (Å²) in [4.78, 5) is 0. The Bertz CT molecular complexity index is 822. The first-order chi connectivity index (χ1) is 13.6. The molecular formula is C22H33B2NO5. The van der Waals surface area contributed by atoms with E-state index in [-0.39, 0.29) is 0 Å². The van der Waals surface area contributed by atoms with Crippen LogP contribution in [0.15, 0.2) is 0 Å². The molecule has 0 N–H and O–H groups in total. The molecule has 2 saturated heterocycles. The van der Waals surface area contributed by atoms with E-state index in [4.69, 9.17) is 23.4 Å². The molecule has 0 spiro atoms. The van der Waals surface area contributed by atoms with Gasteiger partial charge in [-0.2, -0.15) is 5.26 Å². The third-order valence-corrected chi connectivity index (χ3v) is 7.32. The zero-order valence-electron chi connectivity index (χ0n) is 20.1. The number of hydrogen-bond donors (Lipinski definition) is 0. The Morgan fingerprint density at radius 1 is 0.700 bits per heavy atom. The molecule has 0 aromatic heterocycles. The van der Waals surface area contributed by atoms with Crippen molar-refractivity contribution >= 4 is 25.2 Å². The smallest absolute Gasteiger partial charge is 0.496 e. The summed E-state index contributed by atoms with van der Waals surface area (Å²) in [5, 5.41) is 10.2. The molecule has 8 heteroatoms. The Labute approximate surface area is 181 Å². The third kappa shape index (κ3) is 3.27. The van der Waals surface area contributed by atoms with Crippen LogP contribution in [-0.4, -0.2) is 43.8 Å². The van der Waals surface area contributed by atoms with Crippen molar-refractivity contribution < 1.29 is 23.4 Å². The lowest BCUT2D eigenvalue weighted by molar-refractivity contribution is 0.00578. The van der Waals surface area contributed by atoms with Crippen molar-refractivity contribution in [2.75, 3.05) is 7.11 Å². The maximum absolute atomic E-state index is 10.2. The van der Waals surface area contributed by atoms with Crippen LogP contribution in [0, 0.1) is 25.2 Å². The van der Waals surface area contributed by atoms with Crippen molar-refractivity contribution in [3.63, 3.8) is 0 Å². The molecule has 162 valence electrons. The van der Waals surface area contributed by atoms with E-state index in [2.05, 4.69) is 6.07 Å². The van der Waals surface area contributed by atoms with Crippen LogP contribution in [0.3, 0.4) is 0 Å². The van der Waals surface area contributed by atoms with Gasteiger partial charge in [0.1, 0.15) is 5.75 Å². The predicted molar refractivity (Wildman–Crippen MR) is 119 cm³/mol. The Hall–Kier alpha value is -1.52. The van der Waals surface area contributed by atoms with Gasteiger partial charge in [0.25, 0.3) is 0 Å². The monoisotopic (exact) mass is 413 g/mol. The van der Waals surface area contributed by atoms with Crippen LogP contribution in [0.25, 0.3) is 0 Å². The second-order valence-corrected chi connectivity index (χ2v) is 10.3. The standard InChI is InChI=1S/C22H33B2NO5/c1-13-16(23-27-19(3,4)20(5,6)28-23)15(12-25)17(14(2)18(13)26-11)24-29-21(7,8)22(9,10)30-24/h1-11H3. The molecule has 0 radical (unpaired) electrons. The summed E-state index contributed by atoms with van der Waals surface area (Å²) in [5.41, 5.74) is 1.34. The minimum atomic E-state index is -0.694. The lowest BCUT2D eigenvalue weighted by Crippen LogP contribution is -2.47. The molecular weight excluding hydrogens is 380 g/mol. The molecule has 30 heavy (non-hydrogen) atoms. The molecule has 2 aliphatic rings. The average molecular weight is 413 g/mol. The molecule has 1 aromatic rings. The molecule has 0 saturated carbocycles. The van der Waals surface area contributed by atoms with Crippen molar-refractivity contribution in [3.05, 3.63) is 16.7 Å². The lowest BCUT2D eigenvalue weighted by Gasteiger charge is -2.32. The van der Waals surface area contributed by atoms with Gasteiger partial charge in [-0.3, -0.25) is 0 Å². The summed E-state index contributed by atoms with van der Waals surface area (Å²) in [6, 6.07) is 2.38. The summed E-state index contributed by atoms with van der Waals surface area (Å²) >= 11 is 0. The van der Waals surface area contributed by atoms with E-state index in [1.165, 1.54) is 0 Å². The van der Waals surface area contributed by atoms with Crippen LogP contribution in [0.5, 0.6) is 5.75 Å². The summed E-state index contributed by atoms with van der Waals surface area (Å²) < 4.78 is 31.0. The quantitative estimate of drug-likeness (QED) is 0.711. The van der Waals surface area contributed by atoms with Gasteiger partial charge in [-0.05, 0) is 80.4 Å². The van der Waals surface area contributed by atoms with Crippen molar-refractivity contribution in [2.45, 2.75) is 91.6 Å². The van der Waals surface area contributed by atoms with Gasteiger partial charge in [0, 0.05) is 10.9 Å². The average Bonchev–Trinajstić information content (AvgIpc) is 2.93. The van der Waals surface area contributed by atoms with Gasteiger partial charge in [0.2, 0.25) is 0 Å². The summed E-state index contributed by atoms with van der Waals surface area (Å²) in [6.45, 7) is 19.8. The fraction of sp³-hybridized carbons (Fsp3) is 0.682. The molecule has 2 fully saturated rings. The molecule has 6 nitrogen and oxygen atoms in total. The maximum Gasteiger partial charge on any atom is 0.496 e. The molecule has 2 aliphatic heterocycles. The van der Waals surface area contributed by atoms with Crippen molar-refractivity contribution in [2.24, 2.45) is 0 Å². The van der Waals surface area contributed by atoms with E-state index in [1.54, 1.807) is 7.11 Å². The molecule has 0 atom stereocenters. The molecule has 0 amide bonds. The van der Waals surface area contributed by atoms with Gasteiger partial charge in [-0.1, -0.05) is 0 Å².